The van der Waals surface area contributed by atoms with Gasteiger partial charge in [-0.25, -0.2) is 4.98 Å². The summed E-state index contributed by atoms with van der Waals surface area (Å²) < 4.78 is 0. The molecule has 0 aliphatic carbocycles. The summed E-state index contributed by atoms with van der Waals surface area (Å²) in [6.45, 7) is 1.50. The Morgan fingerprint density at radius 2 is 1.96 bits per heavy atom. The first-order chi connectivity index (χ1) is 13.1. The first-order valence-electron chi connectivity index (χ1n) is 8.83. The maximum Gasteiger partial charge on any atom is 0.357 e. The second kappa shape index (κ2) is 7.36. The van der Waals surface area contributed by atoms with E-state index in [0.717, 1.165) is 42.9 Å². The lowest BCUT2D eigenvalue weighted by Gasteiger charge is -2.26. The monoisotopic (exact) mass is 384 g/mol. The van der Waals surface area contributed by atoms with Crippen molar-refractivity contribution >= 4 is 23.1 Å². The Morgan fingerprint density at radius 1 is 1.22 bits per heavy atom. The lowest BCUT2D eigenvalue weighted by molar-refractivity contribution is -0.411. The van der Waals surface area contributed by atoms with Crippen LogP contribution in [0.2, 0.25) is 5.02 Å². The number of anilines is 1. The zero-order valence-corrected chi connectivity index (χ0v) is 15.3. The maximum absolute atomic E-state index is 11.2. The van der Waals surface area contributed by atoms with Crippen LogP contribution in [0.1, 0.15) is 24.5 Å². The van der Waals surface area contributed by atoms with E-state index in [9.17, 15) is 10.1 Å². The van der Waals surface area contributed by atoms with Crippen LogP contribution < -0.4 is 9.88 Å². The number of rotatable bonds is 4. The fourth-order valence-corrected chi connectivity index (χ4v) is 3.67. The van der Waals surface area contributed by atoms with E-state index in [0.29, 0.717) is 16.8 Å². The molecule has 3 aromatic rings. The molecule has 0 radical (unpaired) electrons. The average Bonchev–Trinajstić information content (AvgIpc) is 3.19. The van der Waals surface area contributed by atoms with Crippen LogP contribution in [0.25, 0.3) is 11.3 Å². The van der Waals surface area contributed by atoms with Crippen LogP contribution in [0.4, 0.5) is 11.5 Å². The third-order valence-electron chi connectivity index (χ3n) is 5.00. The standard InChI is InChI=1S/C19H18ClN5O2/c20-15-5-3-13(4-6-15)16-12-17(23-22-16)14-7-10-24(11-8-14)19-18(25(26)27)2-1-9-21-19/h1-6,9,12,14H,7-8,10-11H2,(H,22,23)/p+1. The van der Waals surface area contributed by atoms with Crippen LogP contribution in [-0.4, -0.2) is 28.2 Å². The number of halogens is 1. The largest absolute Gasteiger partial charge is 0.357 e. The summed E-state index contributed by atoms with van der Waals surface area (Å²) in [5, 5.41) is 19.5. The smallest absolute Gasteiger partial charge is 0.282 e. The van der Waals surface area contributed by atoms with E-state index in [2.05, 4.69) is 21.2 Å². The normalized spacial score (nSPS) is 15.1. The van der Waals surface area contributed by atoms with Crippen LogP contribution in [0.15, 0.2) is 48.7 Å². The predicted molar refractivity (Wildman–Crippen MR) is 103 cm³/mol. The lowest BCUT2D eigenvalue weighted by Crippen LogP contribution is -2.37. The van der Waals surface area contributed by atoms with Crippen molar-refractivity contribution in [1.29, 1.82) is 0 Å². The van der Waals surface area contributed by atoms with E-state index in [4.69, 9.17) is 11.6 Å². The van der Waals surface area contributed by atoms with Gasteiger partial charge in [-0.15, -0.1) is 0 Å². The molecule has 0 unspecified atom stereocenters. The highest BCUT2D eigenvalue weighted by atomic mass is 35.5. The quantitative estimate of drug-likeness (QED) is 0.546. The average molecular weight is 385 g/mol. The van der Waals surface area contributed by atoms with Crippen LogP contribution in [-0.2, 0) is 0 Å². The molecule has 3 heterocycles. The van der Waals surface area contributed by atoms with E-state index < -0.39 is 0 Å². The molecule has 1 aliphatic heterocycles. The topological polar surface area (TPSA) is 89.2 Å². The van der Waals surface area contributed by atoms with E-state index >= 15 is 0 Å². The SMILES string of the molecule is O=[N+]([O-])c1ccc[nH+]c1N1CCC(c2cc(-c3ccc(Cl)cc3)n[nH]2)CC1. The van der Waals surface area contributed by atoms with Gasteiger partial charge in [0, 0.05) is 28.3 Å². The van der Waals surface area contributed by atoms with Crippen molar-refractivity contribution in [3.05, 3.63) is 69.5 Å². The van der Waals surface area contributed by atoms with Gasteiger partial charge >= 0.3 is 11.5 Å². The van der Waals surface area contributed by atoms with E-state index in [-0.39, 0.29) is 10.6 Å². The van der Waals surface area contributed by atoms with Crippen molar-refractivity contribution in [2.75, 3.05) is 18.0 Å². The molecule has 8 heteroatoms. The van der Waals surface area contributed by atoms with Crippen molar-refractivity contribution < 1.29 is 9.91 Å². The Kier molecular flexibility index (Phi) is 4.77. The number of nitro groups is 1. The molecule has 138 valence electrons. The van der Waals surface area contributed by atoms with Gasteiger partial charge in [-0.05, 0) is 37.1 Å². The molecule has 7 nitrogen and oxygen atoms in total. The summed E-state index contributed by atoms with van der Waals surface area (Å²) in [4.78, 5) is 16.0. The molecule has 1 aromatic carbocycles. The van der Waals surface area contributed by atoms with Gasteiger partial charge in [-0.2, -0.15) is 5.10 Å². The number of nitrogens with zero attached hydrogens (tertiary/aromatic N) is 3. The van der Waals surface area contributed by atoms with Gasteiger partial charge in [0.25, 0.3) is 0 Å². The summed E-state index contributed by atoms with van der Waals surface area (Å²) in [6.07, 6.45) is 3.53. The van der Waals surface area contributed by atoms with Crippen LogP contribution >= 0.6 is 11.6 Å². The van der Waals surface area contributed by atoms with Gasteiger partial charge in [-0.1, -0.05) is 23.7 Å². The highest BCUT2D eigenvalue weighted by molar-refractivity contribution is 6.30. The predicted octanol–water partition coefficient (Wildman–Crippen LogP) is 3.84. The van der Waals surface area contributed by atoms with Crippen molar-refractivity contribution in [2.45, 2.75) is 18.8 Å². The molecular formula is C19H19ClN5O2+. The molecule has 27 heavy (non-hydrogen) atoms. The fourth-order valence-electron chi connectivity index (χ4n) is 3.55. The maximum atomic E-state index is 11.2. The van der Waals surface area contributed by atoms with Gasteiger partial charge in [-0.3, -0.25) is 20.1 Å². The Morgan fingerprint density at radius 3 is 2.67 bits per heavy atom. The second-order valence-corrected chi connectivity index (χ2v) is 7.07. The number of hydrogen-bond acceptors (Lipinski definition) is 4. The van der Waals surface area contributed by atoms with Gasteiger partial charge in [0.1, 0.15) is 0 Å². The summed E-state index contributed by atoms with van der Waals surface area (Å²) in [6, 6.07) is 12.9. The first kappa shape index (κ1) is 17.5. The first-order valence-corrected chi connectivity index (χ1v) is 9.21. The molecule has 2 N–H and O–H groups in total. The minimum atomic E-state index is -0.342. The van der Waals surface area contributed by atoms with E-state index in [1.807, 2.05) is 29.2 Å². The molecule has 1 fully saturated rings. The summed E-state index contributed by atoms with van der Waals surface area (Å²) in [5.41, 5.74) is 3.14. The number of aromatic nitrogens is 3. The molecule has 0 bridgehead atoms. The number of benzene rings is 1. The van der Waals surface area contributed by atoms with Gasteiger partial charge in [0.05, 0.1) is 29.9 Å². The van der Waals surface area contributed by atoms with Crippen LogP contribution in [0.5, 0.6) is 0 Å². The minimum absolute atomic E-state index is 0.113. The molecule has 2 aromatic heterocycles. The van der Waals surface area contributed by atoms with Gasteiger partial charge in [0.15, 0.2) is 0 Å². The molecule has 4 rings (SSSR count). The van der Waals surface area contributed by atoms with Crippen molar-refractivity contribution in [1.82, 2.24) is 10.2 Å². The number of nitrogens with one attached hydrogen (secondary N) is 2. The number of H-pyrrole nitrogens is 2. The number of aromatic amines is 2. The Labute approximate surface area is 161 Å². The Bertz CT molecular complexity index is 949. The zero-order chi connectivity index (χ0) is 18.8. The molecule has 0 spiro atoms. The van der Waals surface area contributed by atoms with Crippen molar-refractivity contribution in [3.8, 4) is 11.3 Å². The van der Waals surface area contributed by atoms with E-state index in [1.165, 1.54) is 6.07 Å². The molecule has 1 aliphatic rings. The highest BCUT2D eigenvalue weighted by Crippen LogP contribution is 2.32. The van der Waals surface area contributed by atoms with Gasteiger partial charge < -0.3 is 0 Å². The number of piperidine rings is 1. The van der Waals surface area contributed by atoms with E-state index in [1.54, 1.807) is 12.3 Å². The van der Waals surface area contributed by atoms with Crippen LogP contribution in [0.3, 0.4) is 0 Å². The van der Waals surface area contributed by atoms with Crippen LogP contribution in [0, 0.1) is 10.1 Å². The molecular weight excluding hydrogens is 366 g/mol. The number of pyridine rings is 1. The summed E-state index contributed by atoms with van der Waals surface area (Å²) in [5.74, 6) is 0.935. The van der Waals surface area contributed by atoms with Gasteiger partial charge in [0.2, 0.25) is 0 Å². The minimum Gasteiger partial charge on any atom is -0.282 e. The Balaban J connectivity index is 1.46. The molecule has 0 amide bonds. The molecule has 1 saturated heterocycles. The lowest BCUT2D eigenvalue weighted by atomic mass is 9.93. The molecule has 0 saturated carbocycles. The third kappa shape index (κ3) is 3.64. The summed E-state index contributed by atoms with van der Waals surface area (Å²) >= 11 is 5.94. The van der Waals surface area contributed by atoms with Crippen molar-refractivity contribution in [3.63, 3.8) is 0 Å². The summed E-state index contributed by atoms with van der Waals surface area (Å²) in [7, 11) is 0. The highest BCUT2D eigenvalue weighted by Gasteiger charge is 2.32. The Hall–Kier alpha value is -2.93. The zero-order valence-electron chi connectivity index (χ0n) is 14.6. The third-order valence-corrected chi connectivity index (χ3v) is 5.25. The number of hydrogen-bond donors (Lipinski definition) is 1. The van der Waals surface area contributed by atoms with Crippen molar-refractivity contribution in [2.24, 2.45) is 0 Å². The second-order valence-electron chi connectivity index (χ2n) is 6.64. The fraction of sp³-hybridized carbons (Fsp3) is 0.263. The molecule has 0 atom stereocenters.